The number of fused-ring (bicyclic) bond motifs is 1. The summed E-state index contributed by atoms with van der Waals surface area (Å²) in [6.07, 6.45) is 0.0292. The minimum absolute atomic E-state index is 0.00360. The van der Waals surface area contributed by atoms with Crippen LogP contribution in [0, 0.1) is 0 Å². The molecular formula is C32H46N6O13. The molecule has 2 heterocycles. The van der Waals surface area contributed by atoms with E-state index < -0.39 is 35.6 Å². The fourth-order valence-electron chi connectivity index (χ4n) is 4.83. The van der Waals surface area contributed by atoms with Gasteiger partial charge in [0.05, 0.1) is 122 Å². The summed E-state index contributed by atoms with van der Waals surface area (Å²) in [7, 11) is 0. The molecule has 19 nitrogen and oxygen atoms in total. The van der Waals surface area contributed by atoms with Crippen molar-refractivity contribution < 1.29 is 61.9 Å². The van der Waals surface area contributed by atoms with Crippen LogP contribution < -0.4 is 10.6 Å². The second kappa shape index (κ2) is 25.0. The number of hydrogen-bond acceptors (Lipinski definition) is 14. The number of nitrogens with one attached hydrogen (secondary N) is 2. The lowest BCUT2D eigenvalue weighted by Gasteiger charge is -2.27. The van der Waals surface area contributed by atoms with Crippen LogP contribution >= 0.6 is 0 Å². The fourth-order valence-corrected chi connectivity index (χ4v) is 4.83. The van der Waals surface area contributed by atoms with Gasteiger partial charge in [-0.05, 0) is 24.1 Å². The Morgan fingerprint density at radius 1 is 0.745 bits per heavy atom. The van der Waals surface area contributed by atoms with E-state index in [4.69, 9.17) is 43.4 Å². The number of hydrogen-bond donors (Lipinski definition) is 2. The lowest BCUT2D eigenvalue weighted by Crippen LogP contribution is -2.54. The number of benzene rings is 1. The van der Waals surface area contributed by atoms with E-state index in [1.54, 1.807) is 0 Å². The van der Waals surface area contributed by atoms with Gasteiger partial charge in [-0.1, -0.05) is 11.2 Å². The van der Waals surface area contributed by atoms with Crippen molar-refractivity contribution >= 4 is 29.5 Å². The molecule has 1 saturated heterocycles. The Hall–Kier alpha value is -4.04. The van der Waals surface area contributed by atoms with Crippen LogP contribution in [0.25, 0.3) is 10.4 Å². The van der Waals surface area contributed by atoms with E-state index in [0.29, 0.717) is 106 Å². The highest BCUT2D eigenvalue weighted by molar-refractivity contribution is 6.26. The molecule has 5 amide bonds. The zero-order valence-corrected chi connectivity index (χ0v) is 28.5. The highest BCUT2D eigenvalue weighted by Crippen LogP contribution is 2.29. The molecule has 1 fully saturated rings. The van der Waals surface area contributed by atoms with E-state index in [1.807, 2.05) is 0 Å². The third-order valence-corrected chi connectivity index (χ3v) is 7.25. The van der Waals surface area contributed by atoms with Gasteiger partial charge in [-0.3, -0.25) is 34.2 Å². The Bertz CT molecular complexity index is 1330. The number of azide groups is 1. The first-order chi connectivity index (χ1) is 25.0. The maximum Gasteiger partial charge on any atom is 0.263 e. The summed E-state index contributed by atoms with van der Waals surface area (Å²) in [6.45, 7) is 6.85. The monoisotopic (exact) mass is 722 g/mol. The minimum atomic E-state index is -1.11. The molecule has 51 heavy (non-hydrogen) atoms. The van der Waals surface area contributed by atoms with Crippen LogP contribution in [0.5, 0.6) is 0 Å². The number of carbonyl (C=O) groups is 5. The SMILES string of the molecule is [N-]=[N+]=NCCOCCOCCOCCOCCOCCOCCOCCOCCNC(=O)c1cccc2c1C(=O)N(C1CCC(=O)NC1=O)C2=O. The molecule has 19 heteroatoms. The zero-order valence-electron chi connectivity index (χ0n) is 28.5. The lowest BCUT2D eigenvalue weighted by molar-refractivity contribution is -0.136. The van der Waals surface area contributed by atoms with Crippen molar-refractivity contribution in [3.63, 3.8) is 0 Å². The highest BCUT2D eigenvalue weighted by Gasteiger charge is 2.46. The van der Waals surface area contributed by atoms with Crippen LogP contribution in [0.1, 0.15) is 43.9 Å². The van der Waals surface area contributed by atoms with Crippen molar-refractivity contribution in [2.45, 2.75) is 18.9 Å². The Morgan fingerprint density at radius 3 is 1.73 bits per heavy atom. The van der Waals surface area contributed by atoms with Crippen LogP contribution in [-0.2, 0) is 47.5 Å². The largest absolute Gasteiger partial charge is 0.379 e. The van der Waals surface area contributed by atoms with Crippen molar-refractivity contribution in [3.05, 3.63) is 45.3 Å². The van der Waals surface area contributed by atoms with Crippen molar-refractivity contribution in [1.82, 2.24) is 15.5 Å². The number of amides is 5. The van der Waals surface area contributed by atoms with Crippen LogP contribution in [-0.4, -0.2) is 159 Å². The maximum atomic E-state index is 13.1. The molecule has 0 aromatic heterocycles. The van der Waals surface area contributed by atoms with E-state index in [-0.39, 0.29) is 42.7 Å². The number of rotatable bonds is 29. The number of piperidine rings is 1. The molecule has 0 aliphatic carbocycles. The average molecular weight is 723 g/mol. The Balaban J connectivity index is 1.09. The molecule has 0 radical (unpaired) electrons. The maximum absolute atomic E-state index is 13.1. The van der Waals surface area contributed by atoms with E-state index in [0.717, 1.165) is 4.90 Å². The minimum Gasteiger partial charge on any atom is -0.379 e. The van der Waals surface area contributed by atoms with Crippen molar-refractivity contribution in [2.75, 3.05) is 119 Å². The van der Waals surface area contributed by atoms with Crippen molar-refractivity contribution in [3.8, 4) is 0 Å². The topological polar surface area (TPSA) is 235 Å². The predicted octanol–water partition coefficient (Wildman–Crippen LogP) is 0.261. The van der Waals surface area contributed by atoms with E-state index in [2.05, 4.69) is 20.7 Å². The van der Waals surface area contributed by atoms with Gasteiger partial charge in [0.1, 0.15) is 6.04 Å². The predicted molar refractivity (Wildman–Crippen MR) is 176 cm³/mol. The van der Waals surface area contributed by atoms with Gasteiger partial charge in [0.25, 0.3) is 17.7 Å². The molecular weight excluding hydrogens is 676 g/mol. The fraction of sp³-hybridized carbons (Fsp3) is 0.656. The number of ether oxygens (including phenoxy) is 8. The average Bonchev–Trinajstić information content (AvgIpc) is 3.38. The number of carbonyl (C=O) groups excluding carboxylic acids is 5. The third kappa shape index (κ3) is 15.0. The van der Waals surface area contributed by atoms with Gasteiger partial charge in [0.15, 0.2) is 0 Å². The van der Waals surface area contributed by atoms with Gasteiger partial charge in [0.2, 0.25) is 11.8 Å². The molecule has 1 atom stereocenters. The molecule has 282 valence electrons. The third-order valence-electron chi connectivity index (χ3n) is 7.25. The molecule has 1 unspecified atom stereocenters. The molecule has 1 aromatic rings. The van der Waals surface area contributed by atoms with E-state index >= 15 is 0 Å². The summed E-state index contributed by atoms with van der Waals surface area (Å²) < 4.78 is 43.2. The Morgan fingerprint density at radius 2 is 1.24 bits per heavy atom. The molecule has 2 aliphatic heterocycles. The first-order valence-electron chi connectivity index (χ1n) is 16.7. The van der Waals surface area contributed by atoms with Crippen molar-refractivity contribution in [1.29, 1.82) is 0 Å². The molecule has 1 aromatic carbocycles. The summed E-state index contributed by atoms with van der Waals surface area (Å²) in [4.78, 5) is 66.2. The smallest absolute Gasteiger partial charge is 0.263 e. The van der Waals surface area contributed by atoms with E-state index in [9.17, 15) is 24.0 Å². The van der Waals surface area contributed by atoms with Gasteiger partial charge >= 0.3 is 0 Å². The molecule has 0 spiro atoms. The summed E-state index contributed by atoms with van der Waals surface area (Å²) in [6, 6.07) is 3.24. The summed E-state index contributed by atoms with van der Waals surface area (Å²) in [5.74, 6) is -3.17. The number of nitrogens with zero attached hydrogens (tertiary/aromatic N) is 4. The van der Waals surface area contributed by atoms with Gasteiger partial charge in [-0.15, -0.1) is 0 Å². The summed E-state index contributed by atoms with van der Waals surface area (Å²) >= 11 is 0. The first kappa shape index (κ1) is 41.4. The number of imide groups is 2. The van der Waals surface area contributed by atoms with Gasteiger partial charge in [-0.25, -0.2) is 0 Å². The second-order valence-corrected chi connectivity index (χ2v) is 10.8. The standard InChI is InChI=1S/C32H46N6O13/c33-37-35-7-9-45-11-13-47-15-17-49-19-21-51-23-22-50-20-18-48-16-14-46-12-10-44-8-6-34-29(40)24-2-1-3-25-28(24)32(43)38(31(25)42)26-4-5-27(39)36-30(26)41/h1-3,26H,4-23H2,(H,34,40)(H,36,39,41). The molecule has 2 N–H and O–H groups in total. The Labute approximate surface area is 295 Å². The quantitative estimate of drug-likeness (QED) is 0.0372. The van der Waals surface area contributed by atoms with Crippen molar-refractivity contribution in [2.24, 2.45) is 5.11 Å². The second-order valence-electron chi connectivity index (χ2n) is 10.8. The normalized spacial score (nSPS) is 15.5. The van der Waals surface area contributed by atoms with Crippen LogP contribution in [0.15, 0.2) is 23.3 Å². The first-order valence-corrected chi connectivity index (χ1v) is 16.7. The Kier molecular flexibility index (Phi) is 20.3. The van der Waals surface area contributed by atoms with Crippen LogP contribution in [0.4, 0.5) is 0 Å². The van der Waals surface area contributed by atoms with Gasteiger partial charge < -0.3 is 43.2 Å². The zero-order chi connectivity index (χ0) is 36.5. The summed E-state index contributed by atoms with van der Waals surface area (Å²) in [5.41, 5.74) is 8.12. The van der Waals surface area contributed by atoms with Crippen LogP contribution in [0.2, 0.25) is 0 Å². The molecule has 0 saturated carbocycles. The lowest BCUT2D eigenvalue weighted by atomic mass is 10.0. The van der Waals surface area contributed by atoms with Gasteiger partial charge in [0, 0.05) is 24.4 Å². The van der Waals surface area contributed by atoms with Crippen LogP contribution in [0.3, 0.4) is 0 Å². The van der Waals surface area contributed by atoms with Gasteiger partial charge in [-0.2, -0.15) is 0 Å². The summed E-state index contributed by atoms with van der Waals surface area (Å²) in [5, 5.41) is 8.18. The molecule has 3 rings (SSSR count). The molecule has 2 aliphatic rings. The highest BCUT2D eigenvalue weighted by atomic mass is 16.6. The molecule has 0 bridgehead atoms. The van der Waals surface area contributed by atoms with E-state index in [1.165, 1.54) is 18.2 Å².